The van der Waals surface area contributed by atoms with Gasteiger partial charge in [-0.2, -0.15) is 5.10 Å². The first-order valence-electron chi connectivity index (χ1n) is 8.03. The van der Waals surface area contributed by atoms with E-state index in [0.29, 0.717) is 11.2 Å². The van der Waals surface area contributed by atoms with E-state index in [1.54, 1.807) is 6.21 Å². The van der Waals surface area contributed by atoms with Gasteiger partial charge in [0.25, 0.3) is 0 Å². The molecule has 142 valence electrons. The summed E-state index contributed by atoms with van der Waals surface area (Å²) >= 11 is 1.51. The molecule has 4 unspecified atom stereocenters. The minimum Gasteiger partial charge on any atom is -0.394 e. The third kappa shape index (κ3) is 3.13. The van der Waals surface area contributed by atoms with Gasteiger partial charge in [-0.05, 0) is 11.4 Å². The van der Waals surface area contributed by atoms with E-state index >= 15 is 0 Å². The van der Waals surface area contributed by atoms with Crippen LogP contribution < -0.4 is 11.2 Å². The highest BCUT2D eigenvalue weighted by atomic mass is 32.1. The van der Waals surface area contributed by atoms with Crippen molar-refractivity contribution in [2.24, 2.45) is 5.10 Å². The van der Waals surface area contributed by atoms with Gasteiger partial charge in [0.1, 0.15) is 24.6 Å². The number of ether oxygens (including phenoxy) is 1. The molecule has 11 nitrogen and oxygen atoms in total. The fraction of sp³-hybridized carbons (Fsp3) is 0.333. The Morgan fingerprint density at radius 1 is 1.37 bits per heavy atom. The number of nitrogens with two attached hydrogens (primary N) is 1. The summed E-state index contributed by atoms with van der Waals surface area (Å²) in [5.74, 6) is 0.343. The van der Waals surface area contributed by atoms with Crippen molar-refractivity contribution in [3.8, 4) is 0 Å². The molecule has 1 saturated heterocycles. The number of aliphatic hydroxyl groups is 3. The normalized spacial score (nSPS) is 25.6. The molecule has 3 aromatic heterocycles. The highest BCUT2D eigenvalue weighted by Crippen LogP contribution is 2.35. The van der Waals surface area contributed by atoms with Crippen molar-refractivity contribution in [1.29, 1.82) is 0 Å². The summed E-state index contributed by atoms with van der Waals surface area (Å²) in [7, 11) is 0. The number of hydrogen-bond donors (Lipinski definition) is 5. The molecule has 1 fully saturated rings. The van der Waals surface area contributed by atoms with Crippen molar-refractivity contribution >= 4 is 40.5 Å². The number of thiophene rings is 1. The summed E-state index contributed by atoms with van der Waals surface area (Å²) in [6.45, 7) is -0.447. The SMILES string of the molecule is Nc1ncnc2c1nc(NN=Cc1cccs1)n2C1OC(CO)C(O)C1O. The second kappa shape index (κ2) is 7.17. The average Bonchev–Trinajstić information content (AvgIpc) is 3.36. The summed E-state index contributed by atoms with van der Waals surface area (Å²) < 4.78 is 7.04. The number of nitrogens with one attached hydrogen (secondary N) is 1. The number of aromatic nitrogens is 4. The molecule has 6 N–H and O–H groups in total. The lowest BCUT2D eigenvalue weighted by Gasteiger charge is -2.18. The lowest BCUT2D eigenvalue weighted by Crippen LogP contribution is -2.33. The van der Waals surface area contributed by atoms with Crippen molar-refractivity contribution in [3.05, 3.63) is 28.7 Å². The Balaban J connectivity index is 1.74. The highest BCUT2D eigenvalue weighted by Gasteiger charge is 2.45. The van der Waals surface area contributed by atoms with E-state index < -0.39 is 31.1 Å². The van der Waals surface area contributed by atoms with E-state index in [-0.39, 0.29) is 11.8 Å². The van der Waals surface area contributed by atoms with Crippen molar-refractivity contribution in [2.45, 2.75) is 24.5 Å². The number of hydrazone groups is 1. The largest absolute Gasteiger partial charge is 0.394 e. The number of nitrogens with zero attached hydrogens (tertiary/aromatic N) is 5. The number of fused-ring (bicyclic) bond motifs is 1. The maximum Gasteiger partial charge on any atom is 0.228 e. The van der Waals surface area contributed by atoms with Crippen LogP contribution in [0.1, 0.15) is 11.1 Å². The van der Waals surface area contributed by atoms with E-state index in [1.807, 2.05) is 17.5 Å². The molecule has 0 spiro atoms. The van der Waals surface area contributed by atoms with E-state index in [9.17, 15) is 15.3 Å². The van der Waals surface area contributed by atoms with Crippen molar-refractivity contribution < 1.29 is 20.1 Å². The van der Waals surface area contributed by atoms with Crippen LogP contribution in [-0.2, 0) is 4.74 Å². The van der Waals surface area contributed by atoms with Gasteiger partial charge in [0.2, 0.25) is 5.95 Å². The fourth-order valence-electron chi connectivity index (χ4n) is 2.86. The molecule has 4 atom stereocenters. The Bertz CT molecular complexity index is 961. The summed E-state index contributed by atoms with van der Waals surface area (Å²) in [4.78, 5) is 13.3. The molecule has 3 aromatic rings. The topological polar surface area (TPSA) is 164 Å². The molecule has 1 aliphatic rings. The zero-order chi connectivity index (χ0) is 19.0. The quantitative estimate of drug-likeness (QED) is 0.285. The van der Waals surface area contributed by atoms with E-state index in [0.717, 1.165) is 4.88 Å². The van der Waals surface area contributed by atoms with Crippen LogP contribution in [0.4, 0.5) is 11.8 Å². The molecule has 1 aliphatic heterocycles. The van der Waals surface area contributed by atoms with Crippen molar-refractivity contribution in [2.75, 3.05) is 17.8 Å². The number of hydrogen-bond acceptors (Lipinski definition) is 11. The number of nitrogen functional groups attached to an aromatic ring is 1. The number of imidazole rings is 1. The smallest absolute Gasteiger partial charge is 0.228 e. The first-order chi connectivity index (χ1) is 13.1. The average molecular weight is 391 g/mol. The number of rotatable bonds is 5. The van der Waals surface area contributed by atoms with Crippen LogP contribution in [0.3, 0.4) is 0 Å². The maximum absolute atomic E-state index is 10.4. The molecule has 12 heteroatoms. The van der Waals surface area contributed by atoms with Gasteiger partial charge in [0.15, 0.2) is 23.2 Å². The number of anilines is 2. The highest BCUT2D eigenvalue weighted by molar-refractivity contribution is 7.11. The first kappa shape index (κ1) is 17.8. The van der Waals surface area contributed by atoms with Crippen LogP contribution >= 0.6 is 11.3 Å². The Morgan fingerprint density at radius 2 is 2.22 bits per heavy atom. The minimum absolute atomic E-state index is 0.149. The Morgan fingerprint density at radius 3 is 2.93 bits per heavy atom. The van der Waals surface area contributed by atoms with E-state index in [1.165, 1.54) is 22.2 Å². The zero-order valence-electron chi connectivity index (χ0n) is 13.9. The zero-order valence-corrected chi connectivity index (χ0v) is 14.7. The molecule has 0 saturated carbocycles. The predicted molar refractivity (Wildman–Crippen MR) is 98.3 cm³/mol. The van der Waals surface area contributed by atoms with Gasteiger partial charge < -0.3 is 25.8 Å². The van der Waals surface area contributed by atoms with Crippen LogP contribution in [0.2, 0.25) is 0 Å². The molecule has 0 amide bonds. The first-order valence-corrected chi connectivity index (χ1v) is 8.91. The molecule has 0 bridgehead atoms. The standard InChI is InChI=1S/C15H17N7O4S/c16-12-9-13(18-6-17-12)22(14-11(25)10(24)8(5-23)26-14)15(20-9)21-19-4-7-2-1-3-27-7/h1-4,6,8,10-11,14,23-25H,5H2,(H,20,21)(H2,16,17,18). The molecule has 0 aromatic carbocycles. The summed E-state index contributed by atoms with van der Waals surface area (Å²) in [6.07, 6.45) is -1.69. The van der Waals surface area contributed by atoms with Crippen molar-refractivity contribution in [3.63, 3.8) is 0 Å². The molecule has 27 heavy (non-hydrogen) atoms. The Kier molecular flexibility index (Phi) is 4.72. The maximum atomic E-state index is 10.4. The summed E-state index contributed by atoms with van der Waals surface area (Å²) in [6, 6.07) is 3.80. The second-order valence-electron chi connectivity index (χ2n) is 5.85. The lowest BCUT2D eigenvalue weighted by molar-refractivity contribution is -0.0501. The predicted octanol–water partition coefficient (Wildman–Crippen LogP) is -0.473. The summed E-state index contributed by atoms with van der Waals surface area (Å²) in [5, 5.41) is 35.9. The van der Waals surface area contributed by atoms with Gasteiger partial charge in [0.05, 0.1) is 12.8 Å². The summed E-state index contributed by atoms with van der Waals surface area (Å²) in [5.41, 5.74) is 9.25. The molecule has 4 rings (SSSR count). The molecule has 0 aliphatic carbocycles. The van der Waals surface area contributed by atoms with Gasteiger partial charge in [-0.25, -0.2) is 20.4 Å². The van der Waals surface area contributed by atoms with Gasteiger partial charge >= 0.3 is 0 Å². The van der Waals surface area contributed by atoms with Gasteiger partial charge in [-0.15, -0.1) is 11.3 Å². The van der Waals surface area contributed by atoms with Gasteiger partial charge in [-0.3, -0.25) is 4.57 Å². The second-order valence-corrected chi connectivity index (χ2v) is 6.83. The van der Waals surface area contributed by atoms with Crippen LogP contribution in [0, 0.1) is 0 Å². The van der Waals surface area contributed by atoms with Gasteiger partial charge in [0, 0.05) is 4.88 Å². The third-order valence-electron chi connectivity index (χ3n) is 4.18. The minimum atomic E-state index is -1.31. The third-order valence-corrected chi connectivity index (χ3v) is 4.98. The van der Waals surface area contributed by atoms with Crippen LogP contribution in [-0.4, -0.2) is 66.0 Å². The molecule has 0 radical (unpaired) electrons. The monoisotopic (exact) mass is 391 g/mol. The molecular weight excluding hydrogens is 374 g/mol. The van der Waals surface area contributed by atoms with E-state index in [2.05, 4.69) is 25.5 Å². The number of aliphatic hydroxyl groups excluding tert-OH is 3. The Labute approximate surface area is 156 Å². The van der Waals surface area contributed by atoms with E-state index in [4.69, 9.17) is 10.5 Å². The lowest BCUT2D eigenvalue weighted by atomic mass is 10.1. The molecule has 4 heterocycles. The van der Waals surface area contributed by atoms with Gasteiger partial charge in [-0.1, -0.05) is 6.07 Å². The Hall–Kier alpha value is -2.64. The fourth-order valence-corrected chi connectivity index (χ4v) is 3.44. The molecular formula is C15H17N7O4S. The van der Waals surface area contributed by atoms with Crippen LogP contribution in [0.25, 0.3) is 11.2 Å². The van der Waals surface area contributed by atoms with Crippen molar-refractivity contribution in [1.82, 2.24) is 19.5 Å². The van der Waals surface area contributed by atoms with Crippen LogP contribution in [0.5, 0.6) is 0 Å². The van der Waals surface area contributed by atoms with Crippen LogP contribution in [0.15, 0.2) is 28.9 Å².